The van der Waals surface area contributed by atoms with Gasteiger partial charge >= 0.3 is 0 Å². The summed E-state index contributed by atoms with van der Waals surface area (Å²) in [7, 11) is 0. The van der Waals surface area contributed by atoms with Gasteiger partial charge in [-0.2, -0.15) is 0 Å². The van der Waals surface area contributed by atoms with Crippen LogP contribution in [-0.4, -0.2) is 5.78 Å². The largest absolute Gasteiger partial charge is 0.299 e. The molecule has 0 saturated heterocycles. The van der Waals surface area contributed by atoms with Crippen LogP contribution in [0.3, 0.4) is 0 Å². The first-order valence-corrected chi connectivity index (χ1v) is 4.80. The molecule has 1 fully saturated rings. The molecule has 0 N–H and O–H groups in total. The second-order valence-corrected chi connectivity index (χ2v) is 4.08. The van der Waals surface area contributed by atoms with Crippen LogP contribution >= 0.6 is 11.6 Å². The molecule has 0 heterocycles. The standard InChI is InChI=1S/C11H11ClO/c1-8(13)11(6-7-11)9-2-4-10(12)5-3-9/h2-5H,6-7H2,1H3. The van der Waals surface area contributed by atoms with Crippen molar-refractivity contribution in [3.63, 3.8) is 0 Å². The van der Waals surface area contributed by atoms with E-state index in [2.05, 4.69) is 0 Å². The smallest absolute Gasteiger partial charge is 0.140 e. The molecule has 0 amide bonds. The van der Waals surface area contributed by atoms with Crippen molar-refractivity contribution in [2.75, 3.05) is 0 Å². The Morgan fingerprint density at radius 2 is 1.85 bits per heavy atom. The van der Waals surface area contributed by atoms with Gasteiger partial charge in [-0.05, 0) is 37.5 Å². The predicted octanol–water partition coefficient (Wildman–Crippen LogP) is 2.96. The zero-order valence-electron chi connectivity index (χ0n) is 7.51. The molecule has 1 aliphatic rings. The van der Waals surface area contributed by atoms with Gasteiger partial charge in [-0.3, -0.25) is 4.79 Å². The van der Waals surface area contributed by atoms with Gasteiger partial charge in [0.2, 0.25) is 0 Å². The number of halogens is 1. The third-order valence-electron chi connectivity index (χ3n) is 2.82. The molecule has 0 radical (unpaired) electrons. The molecule has 1 saturated carbocycles. The van der Waals surface area contributed by atoms with Crippen molar-refractivity contribution in [1.82, 2.24) is 0 Å². The van der Waals surface area contributed by atoms with E-state index in [0.29, 0.717) is 0 Å². The maximum Gasteiger partial charge on any atom is 0.140 e. The molecule has 2 heteroatoms. The number of ketones is 1. The number of Topliss-reactive ketones (excluding diaryl/α,β-unsaturated/α-hetero) is 1. The van der Waals surface area contributed by atoms with Crippen molar-refractivity contribution < 1.29 is 4.79 Å². The highest BCUT2D eigenvalue weighted by Gasteiger charge is 2.48. The summed E-state index contributed by atoms with van der Waals surface area (Å²) < 4.78 is 0. The number of rotatable bonds is 2. The van der Waals surface area contributed by atoms with Crippen LogP contribution in [0.1, 0.15) is 25.3 Å². The topological polar surface area (TPSA) is 17.1 Å². The normalized spacial score (nSPS) is 18.3. The van der Waals surface area contributed by atoms with Crippen molar-refractivity contribution in [1.29, 1.82) is 0 Å². The van der Waals surface area contributed by atoms with E-state index in [1.54, 1.807) is 6.92 Å². The molecule has 13 heavy (non-hydrogen) atoms. The van der Waals surface area contributed by atoms with Gasteiger partial charge in [-0.25, -0.2) is 0 Å². The van der Waals surface area contributed by atoms with Gasteiger partial charge in [-0.1, -0.05) is 23.7 Å². The average Bonchev–Trinajstić information content (AvgIpc) is 2.86. The summed E-state index contributed by atoms with van der Waals surface area (Å²) >= 11 is 5.78. The van der Waals surface area contributed by atoms with Gasteiger partial charge in [0.05, 0.1) is 5.41 Å². The number of carbonyl (C=O) groups excluding carboxylic acids is 1. The maximum atomic E-state index is 11.4. The average molecular weight is 195 g/mol. The summed E-state index contributed by atoms with van der Waals surface area (Å²) in [4.78, 5) is 11.4. The van der Waals surface area contributed by atoms with E-state index < -0.39 is 0 Å². The summed E-state index contributed by atoms with van der Waals surface area (Å²) in [5.74, 6) is 0.273. The van der Waals surface area contributed by atoms with E-state index in [0.717, 1.165) is 23.4 Å². The predicted molar refractivity (Wildman–Crippen MR) is 53.0 cm³/mol. The van der Waals surface area contributed by atoms with E-state index in [1.165, 1.54) is 0 Å². The zero-order valence-corrected chi connectivity index (χ0v) is 8.27. The molecule has 0 unspecified atom stereocenters. The molecule has 1 nitrogen and oxygen atoms in total. The number of carbonyl (C=O) groups is 1. The Morgan fingerprint density at radius 3 is 2.23 bits per heavy atom. The molecule has 0 bridgehead atoms. The minimum absolute atomic E-state index is 0.162. The Morgan fingerprint density at radius 1 is 1.31 bits per heavy atom. The third-order valence-corrected chi connectivity index (χ3v) is 3.07. The first-order chi connectivity index (χ1) is 6.15. The maximum absolute atomic E-state index is 11.4. The highest BCUT2D eigenvalue weighted by molar-refractivity contribution is 6.30. The van der Waals surface area contributed by atoms with E-state index in [-0.39, 0.29) is 11.2 Å². The lowest BCUT2D eigenvalue weighted by Gasteiger charge is -2.10. The number of hydrogen-bond donors (Lipinski definition) is 0. The lowest BCUT2D eigenvalue weighted by molar-refractivity contribution is -0.119. The Kier molecular flexibility index (Phi) is 1.92. The van der Waals surface area contributed by atoms with Crippen LogP contribution in [0.5, 0.6) is 0 Å². The van der Waals surface area contributed by atoms with Crippen molar-refractivity contribution in [3.05, 3.63) is 34.9 Å². The van der Waals surface area contributed by atoms with Gasteiger partial charge in [0.1, 0.15) is 5.78 Å². The minimum atomic E-state index is -0.162. The fraction of sp³-hybridized carbons (Fsp3) is 0.364. The molecule has 1 aromatic carbocycles. The molecule has 68 valence electrons. The SMILES string of the molecule is CC(=O)C1(c2ccc(Cl)cc2)CC1. The Bertz CT molecular complexity index is 336. The molecule has 0 atom stereocenters. The molecule has 0 spiro atoms. The lowest BCUT2D eigenvalue weighted by atomic mass is 9.92. The summed E-state index contributed by atoms with van der Waals surface area (Å²) in [5, 5.41) is 0.725. The van der Waals surface area contributed by atoms with Crippen molar-refractivity contribution in [2.45, 2.75) is 25.2 Å². The van der Waals surface area contributed by atoms with Crippen LogP contribution in [0.25, 0.3) is 0 Å². The monoisotopic (exact) mass is 194 g/mol. The molecule has 0 aliphatic heterocycles. The fourth-order valence-corrected chi connectivity index (χ4v) is 1.86. The molecular formula is C11H11ClO. The highest BCUT2D eigenvalue weighted by atomic mass is 35.5. The van der Waals surface area contributed by atoms with Crippen LogP contribution in [0.4, 0.5) is 0 Å². The van der Waals surface area contributed by atoms with E-state index >= 15 is 0 Å². The highest BCUT2D eigenvalue weighted by Crippen LogP contribution is 2.48. The van der Waals surface area contributed by atoms with E-state index in [9.17, 15) is 4.79 Å². The molecule has 1 aliphatic carbocycles. The van der Waals surface area contributed by atoms with Gasteiger partial charge in [-0.15, -0.1) is 0 Å². The molecular weight excluding hydrogens is 184 g/mol. The summed E-state index contributed by atoms with van der Waals surface area (Å²) in [6.07, 6.45) is 1.98. The summed E-state index contributed by atoms with van der Waals surface area (Å²) in [6, 6.07) is 7.60. The number of benzene rings is 1. The van der Waals surface area contributed by atoms with E-state index in [1.807, 2.05) is 24.3 Å². The minimum Gasteiger partial charge on any atom is -0.299 e. The number of hydrogen-bond acceptors (Lipinski definition) is 1. The quantitative estimate of drug-likeness (QED) is 0.708. The molecule has 2 rings (SSSR count). The Hall–Kier alpha value is -0.820. The van der Waals surface area contributed by atoms with Crippen molar-refractivity contribution in [3.8, 4) is 0 Å². The van der Waals surface area contributed by atoms with Crippen LogP contribution in [-0.2, 0) is 10.2 Å². The van der Waals surface area contributed by atoms with Crippen LogP contribution in [0.2, 0.25) is 5.02 Å². The molecule has 1 aromatic rings. The van der Waals surface area contributed by atoms with E-state index in [4.69, 9.17) is 11.6 Å². The summed E-state index contributed by atoms with van der Waals surface area (Å²) in [5.41, 5.74) is 0.953. The zero-order chi connectivity index (χ0) is 9.47. The van der Waals surface area contributed by atoms with Crippen molar-refractivity contribution in [2.24, 2.45) is 0 Å². The van der Waals surface area contributed by atoms with Gasteiger partial charge in [0, 0.05) is 5.02 Å². The van der Waals surface area contributed by atoms with Gasteiger partial charge in [0.25, 0.3) is 0 Å². The van der Waals surface area contributed by atoms with Gasteiger partial charge < -0.3 is 0 Å². The first-order valence-electron chi connectivity index (χ1n) is 4.42. The fourth-order valence-electron chi connectivity index (χ4n) is 1.74. The third kappa shape index (κ3) is 1.37. The Labute approximate surface area is 82.7 Å². The summed E-state index contributed by atoms with van der Waals surface area (Å²) in [6.45, 7) is 1.67. The molecule has 0 aromatic heterocycles. The first kappa shape index (κ1) is 8.76. The van der Waals surface area contributed by atoms with Crippen molar-refractivity contribution >= 4 is 17.4 Å². The lowest BCUT2D eigenvalue weighted by Crippen LogP contribution is -2.16. The second kappa shape index (κ2) is 2.85. The van der Waals surface area contributed by atoms with Crippen LogP contribution in [0, 0.1) is 0 Å². The Balaban J connectivity index is 2.36. The van der Waals surface area contributed by atoms with Crippen LogP contribution < -0.4 is 0 Å². The van der Waals surface area contributed by atoms with Gasteiger partial charge in [0.15, 0.2) is 0 Å². The second-order valence-electron chi connectivity index (χ2n) is 3.65. The van der Waals surface area contributed by atoms with Crippen LogP contribution in [0.15, 0.2) is 24.3 Å².